The summed E-state index contributed by atoms with van der Waals surface area (Å²) in [4.78, 5) is 25.5. The summed E-state index contributed by atoms with van der Waals surface area (Å²) in [5.74, 6) is -1.15. The Hall–Kier alpha value is -3.12. The normalized spacial score (nSPS) is 11.6. The standard InChI is InChI=1S/C23H21FN2O2S/c1-15-7-3-6-10-21(15)26-22(27)16(2)29-18-13-11-17(12-14-18)25-23(28)19-8-4-5-9-20(19)24/h3-14,16H,1-2H3,(H,25,28)(H,26,27). The predicted octanol–water partition coefficient (Wildman–Crippen LogP) is 5.51. The molecule has 29 heavy (non-hydrogen) atoms. The third-order valence-corrected chi connectivity index (χ3v) is 5.43. The van der Waals surface area contributed by atoms with Gasteiger partial charge in [-0.1, -0.05) is 30.3 Å². The molecule has 3 aromatic carbocycles. The van der Waals surface area contributed by atoms with E-state index in [-0.39, 0.29) is 16.7 Å². The summed E-state index contributed by atoms with van der Waals surface area (Å²) in [5.41, 5.74) is 2.36. The van der Waals surface area contributed by atoms with E-state index < -0.39 is 11.7 Å². The Balaban J connectivity index is 1.58. The number of rotatable bonds is 6. The van der Waals surface area contributed by atoms with Gasteiger partial charge in [0.25, 0.3) is 5.91 Å². The maximum absolute atomic E-state index is 13.7. The van der Waals surface area contributed by atoms with Gasteiger partial charge in [0.15, 0.2) is 0 Å². The zero-order chi connectivity index (χ0) is 20.8. The molecule has 3 rings (SSSR count). The first-order valence-corrected chi connectivity index (χ1v) is 10.0. The van der Waals surface area contributed by atoms with Gasteiger partial charge in [0, 0.05) is 16.3 Å². The average Bonchev–Trinajstić information content (AvgIpc) is 2.71. The lowest BCUT2D eigenvalue weighted by Crippen LogP contribution is -2.22. The Bertz CT molecular complexity index is 1020. The molecule has 0 saturated heterocycles. The number of carbonyl (C=O) groups is 2. The summed E-state index contributed by atoms with van der Waals surface area (Å²) in [7, 11) is 0. The van der Waals surface area contributed by atoms with Crippen LogP contribution in [0.1, 0.15) is 22.8 Å². The van der Waals surface area contributed by atoms with Crippen LogP contribution in [-0.4, -0.2) is 17.1 Å². The van der Waals surface area contributed by atoms with Crippen molar-refractivity contribution in [3.63, 3.8) is 0 Å². The summed E-state index contributed by atoms with van der Waals surface area (Å²) >= 11 is 1.42. The van der Waals surface area contributed by atoms with Crippen molar-refractivity contribution >= 4 is 35.0 Å². The van der Waals surface area contributed by atoms with Crippen molar-refractivity contribution in [3.05, 3.63) is 89.7 Å². The van der Waals surface area contributed by atoms with E-state index in [1.54, 1.807) is 18.2 Å². The van der Waals surface area contributed by atoms with E-state index >= 15 is 0 Å². The lowest BCUT2D eigenvalue weighted by molar-refractivity contribution is -0.115. The van der Waals surface area contributed by atoms with Gasteiger partial charge in [0.1, 0.15) is 5.82 Å². The highest BCUT2D eigenvalue weighted by atomic mass is 32.2. The number of nitrogens with one attached hydrogen (secondary N) is 2. The molecular formula is C23H21FN2O2S. The summed E-state index contributed by atoms with van der Waals surface area (Å²) in [6, 6.07) is 20.6. The second-order valence-electron chi connectivity index (χ2n) is 6.52. The van der Waals surface area contributed by atoms with E-state index in [9.17, 15) is 14.0 Å². The Labute approximate surface area is 173 Å². The molecule has 0 heterocycles. The molecule has 0 spiro atoms. The molecular weight excluding hydrogens is 387 g/mol. The second-order valence-corrected chi connectivity index (χ2v) is 7.94. The number of hydrogen-bond donors (Lipinski definition) is 2. The fourth-order valence-corrected chi connectivity index (χ4v) is 3.53. The third-order valence-electron chi connectivity index (χ3n) is 4.32. The minimum Gasteiger partial charge on any atom is -0.325 e. The van der Waals surface area contributed by atoms with Gasteiger partial charge >= 0.3 is 0 Å². The Morgan fingerprint density at radius 3 is 2.24 bits per heavy atom. The van der Waals surface area contributed by atoms with Crippen molar-refractivity contribution in [2.75, 3.05) is 10.6 Å². The van der Waals surface area contributed by atoms with Gasteiger partial charge in [0.05, 0.1) is 10.8 Å². The molecule has 148 valence electrons. The van der Waals surface area contributed by atoms with Crippen LogP contribution < -0.4 is 10.6 Å². The van der Waals surface area contributed by atoms with Crippen LogP contribution in [0.4, 0.5) is 15.8 Å². The maximum Gasteiger partial charge on any atom is 0.258 e. The Morgan fingerprint density at radius 1 is 0.897 bits per heavy atom. The lowest BCUT2D eigenvalue weighted by Gasteiger charge is -2.14. The molecule has 1 atom stereocenters. The predicted molar refractivity (Wildman–Crippen MR) is 116 cm³/mol. The SMILES string of the molecule is Cc1ccccc1NC(=O)C(C)Sc1ccc(NC(=O)c2ccccc2F)cc1. The molecule has 0 saturated carbocycles. The molecule has 0 aliphatic heterocycles. The van der Waals surface area contributed by atoms with Gasteiger partial charge in [-0.05, 0) is 61.9 Å². The van der Waals surface area contributed by atoms with Crippen LogP contribution in [0.5, 0.6) is 0 Å². The molecule has 2 N–H and O–H groups in total. The maximum atomic E-state index is 13.7. The zero-order valence-corrected chi connectivity index (χ0v) is 16.9. The van der Waals surface area contributed by atoms with Crippen molar-refractivity contribution in [1.82, 2.24) is 0 Å². The molecule has 6 heteroatoms. The molecule has 0 bridgehead atoms. The molecule has 2 amide bonds. The molecule has 0 aliphatic rings. The van der Waals surface area contributed by atoms with Crippen molar-refractivity contribution in [2.45, 2.75) is 24.0 Å². The highest BCUT2D eigenvalue weighted by Gasteiger charge is 2.16. The number of thioether (sulfide) groups is 1. The van der Waals surface area contributed by atoms with Crippen LogP contribution in [0.15, 0.2) is 77.7 Å². The molecule has 0 aliphatic carbocycles. The van der Waals surface area contributed by atoms with Gasteiger partial charge in [-0.3, -0.25) is 9.59 Å². The smallest absolute Gasteiger partial charge is 0.258 e. The van der Waals surface area contributed by atoms with Gasteiger partial charge in [-0.25, -0.2) is 4.39 Å². The third kappa shape index (κ3) is 5.45. The summed E-state index contributed by atoms with van der Waals surface area (Å²) in [5, 5.41) is 5.31. The van der Waals surface area contributed by atoms with Crippen LogP contribution >= 0.6 is 11.8 Å². The minimum absolute atomic E-state index is 0.00699. The summed E-state index contributed by atoms with van der Waals surface area (Å²) < 4.78 is 13.7. The second kappa shape index (κ2) is 9.39. The first-order valence-electron chi connectivity index (χ1n) is 9.13. The highest BCUT2D eigenvalue weighted by molar-refractivity contribution is 8.00. The van der Waals surface area contributed by atoms with Crippen molar-refractivity contribution in [1.29, 1.82) is 0 Å². The number of para-hydroxylation sites is 1. The molecule has 3 aromatic rings. The highest BCUT2D eigenvalue weighted by Crippen LogP contribution is 2.26. The fraction of sp³-hybridized carbons (Fsp3) is 0.130. The molecule has 0 fully saturated rings. The number of amides is 2. The summed E-state index contributed by atoms with van der Waals surface area (Å²) in [6.45, 7) is 3.79. The van der Waals surface area contributed by atoms with Crippen LogP contribution in [-0.2, 0) is 4.79 Å². The number of halogens is 1. The van der Waals surface area contributed by atoms with Crippen molar-refractivity contribution in [2.24, 2.45) is 0 Å². The van der Waals surface area contributed by atoms with E-state index in [2.05, 4.69) is 10.6 Å². The minimum atomic E-state index is -0.564. The molecule has 0 radical (unpaired) electrons. The fourth-order valence-electron chi connectivity index (χ4n) is 2.67. The monoisotopic (exact) mass is 408 g/mol. The number of hydrogen-bond acceptors (Lipinski definition) is 3. The van der Waals surface area contributed by atoms with Crippen LogP contribution in [0.3, 0.4) is 0 Å². The van der Waals surface area contributed by atoms with E-state index in [1.165, 1.54) is 30.0 Å². The Kier molecular flexibility index (Phi) is 6.67. The average molecular weight is 408 g/mol. The molecule has 1 unspecified atom stereocenters. The van der Waals surface area contributed by atoms with E-state index in [0.717, 1.165) is 16.1 Å². The van der Waals surface area contributed by atoms with Gasteiger partial charge in [0.2, 0.25) is 5.91 Å². The number of carbonyl (C=O) groups excluding carboxylic acids is 2. The first kappa shape index (κ1) is 20.6. The van der Waals surface area contributed by atoms with E-state index in [4.69, 9.17) is 0 Å². The zero-order valence-electron chi connectivity index (χ0n) is 16.1. The van der Waals surface area contributed by atoms with Gasteiger partial charge in [-0.15, -0.1) is 11.8 Å². The lowest BCUT2D eigenvalue weighted by atomic mass is 10.2. The van der Waals surface area contributed by atoms with E-state index in [1.807, 2.05) is 50.2 Å². The molecule has 0 aromatic heterocycles. The summed E-state index contributed by atoms with van der Waals surface area (Å²) in [6.07, 6.45) is 0. The van der Waals surface area contributed by atoms with Gasteiger partial charge < -0.3 is 10.6 Å². The largest absolute Gasteiger partial charge is 0.325 e. The first-order chi connectivity index (χ1) is 13.9. The van der Waals surface area contributed by atoms with Gasteiger partial charge in [-0.2, -0.15) is 0 Å². The quantitative estimate of drug-likeness (QED) is 0.529. The van der Waals surface area contributed by atoms with Crippen molar-refractivity contribution < 1.29 is 14.0 Å². The van der Waals surface area contributed by atoms with Crippen LogP contribution in [0.2, 0.25) is 0 Å². The number of anilines is 2. The topological polar surface area (TPSA) is 58.2 Å². The van der Waals surface area contributed by atoms with Crippen LogP contribution in [0, 0.1) is 12.7 Å². The van der Waals surface area contributed by atoms with Crippen LogP contribution in [0.25, 0.3) is 0 Å². The van der Waals surface area contributed by atoms with E-state index in [0.29, 0.717) is 5.69 Å². The number of benzene rings is 3. The van der Waals surface area contributed by atoms with Crippen molar-refractivity contribution in [3.8, 4) is 0 Å². The number of aryl methyl sites for hydroxylation is 1. The Morgan fingerprint density at radius 2 is 1.55 bits per heavy atom. The molecule has 4 nitrogen and oxygen atoms in total.